The second-order valence-electron chi connectivity index (χ2n) is 5.64. The molecule has 0 aliphatic carbocycles. The van der Waals surface area contributed by atoms with Crippen molar-refractivity contribution in [2.24, 2.45) is 4.99 Å². The molecule has 3 rings (SSSR count). The van der Waals surface area contributed by atoms with Gasteiger partial charge in [-0.2, -0.15) is 0 Å². The summed E-state index contributed by atoms with van der Waals surface area (Å²) >= 11 is 0. The lowest BCUT2D eigenvalue weighted by Gasteiger charge is -2.06. The average molecular weight is 340 g/mol. The highest BCUT2D eigenvalue weighted by atomic mass is 14.8. The molecule has 1 nitrogen and oxygen atoms in total. The first-order chi connectivity index (χ1) is 12.1. The second kappa shape index (κ2) is 12.5. The minimum absolute atomic E-state index is 0.559. The smallest absolute Gasteiger partial charge is 0.0672 e. The van der Waals surface area contributed by atoms with Crippen molar-refractivity contribution >= 4 is 11.4 Å². The summed E-state index contributed by atoms with van der Waals surface area (Å²) in [5.41, 5.74) is 7.60. The molecule has 0 bridgehead atoms. The Morgan fingerprint density at radius 3 is 1.88 bits per heavy atom. The van der Waals surface area contributed by atoms with Gasteiger partial charge in [-0.25, -0.2) is 0 Å². The molecule has 138 valence electrons. The zero-order valence-electron chi connectivity index (χ0n) is 17.8. The first-order valence-electron chi connectivity index (χ1n) is 9.91. The molecule has 1 aliphatic heterocycles. The first-order valence-corrected chi connectivity index (χ1v) is 9.91. The summed E-state index contributed by atoms with van der Waals surface area (Å²) in [5, 5.41) is 0. The second-order valence-corrected chi connectivity index (χ2v) is 5.64. The van der Waals surface area contributed by atoms with Crippen LogP contribution in [0.15, 0.2) is 47.5 Å². The number of aryl methyl sites for hydroxylation is 1. The van der Waals surface area contributed by atoms with Crippen LogP contribution in [0.3, 0.4) is 0 Å². The Bertz CT molecular complexity index is 634. The van der Waals surface area contributed by atoms with E-state index in [0.29, 0.717) is 5.92 Å². The van der Waals surface area contributed by atoms with E-state index < -0.39 is 0 Å². The van der Waals surface area contributed by atoms with Crippen LogP contribution in [0.1, 0.15) is 83.6 Å². The Balaban J connectivity index is 0.000000871. The molecule has 0 aromatic heterocycles. The summed E-state index contributed by atoms with van der Waals surface area (Å²) in [4.78, 5) is 4.81. The number of benzene rings is 2. The van der Waals surface area contributed by atoms with Crippen LogP contribution in [0.25, 0.3) is 0 Å². The molecule has 0 unspecified atom stereocenters. The highest BCUT2D eigenvalue weighted by Gasteiger charge is 2.16. The predicted octanol–water partition coefficient (Wildman–Crippen LogP) is 7.87. The molecule has 1 heteroatoms. The number of hydrogen-bond donors (Lipinski definition) is 0. The first kappa shape index (κ1) is 23.1. The van der Waals surface area contributed by atoms with Crippen LogP contribution in [0, 0.1) is 6.92 Å². The maximum atomic E-state index is 4.81. The summed E-state index contributed by atoms with van der Waals surface area (Å²) in [6.45, 7) is 18.6. The number of fused-ring (bicyclic) bond motifs is 1. The van der Waals surface area contributed by atoms with Crippen molar-refractivity contribution in [1.29, 1.82) is 0 Å². The fourth-order valence-corrected chi connectivity index (χ4v) is 2.47. The van der Waals surface area contributed by atoms with E-state index >= 15 is 0 Å². The lowest BCUT2D eigenvalue weighted by Crippen LogP contribution is -1.99. The van der Waals surface area contributed by atoms with Crippen LogP contribution in [0.2, 0.25) is 0 Å². The molecule has 1 heterocycles. The van der Waals surface area contributed by atoms with Gasteiger partial charge in [-0.05, 0) is 35.6 Å². The SMILES string of the molecule is CC.CC.CC.Cc1ccc(C2=Nc3cc(C(C)C)ccc3C2)cc1. The van der Waals surface area contributed by atoms with Crippen LogP contribution in [0.5, 0.6) is 0 Å². The molecule has 0 atom stereocenters. The third-order valence-corrected chi connectivity index (χ3v) is 3.77. The minimum atomic E-state index is 0.559. The Morgan fingerprint density at radius 1 is 0.800 bits per heavy atom. The summed E-state index contributed by atoms with van der Waals surface area (Å²) in [6.07, 6.45) is 0.955. The van der Waals surface area contributed by atoms with E-state index in [2.05, 4.69) is 63.2 Å². The van der Waals surface area contributed by atoms with Crippen molar-refractivity contribution in [3.63, 3.8) is 0 Å². The molecule has 1 aliphatic rings. The zero-order valence-corrected chi connectivity index (χ0v) is 17.8. The monoisotopic (exact) mass is 339 g/mol. The van der Waals surface area contributed by atoms with Gasteiger partial charge in [-0.15, -0.1) is 0 Å². The molecule has 0 saturated carbocycles. The van der Waals surface area contributed by atoms with Gasteiger partial charge in [0.2, 0.25) is 0 Å². The van der Waals surface area contributed by atoms with E-state index in [1.165, 1.54) is 28.0 Å². The molecule has 0 radical (unpaired) electrons. The molecule has 25 heavy (non-hydrogen) atoms. The Hall–Kier alpha value is -1.89. The van der Waals surface area contributed by atoms with E-state index in [4.69, 9.17) is 4.99 Å². The van der Waals surface area contributed by atoms with Gasteiger partial charge in [0, 0.05) is 6.42 Å². The maximum Gasteiger partial charge on any atom is 0.0672 e. The maximum absolute atomic E-state index is 4.81. The largest absolute Gasteiger partial charge is 0.252 e. The molecule has 2 aromatic rings. The van der Waals surface area contributed by atoms with Crippen LogP contribution in [-0.4, -0.2) is 5.71 Å². The van der Waals surface area contributed by atoms with Gasteiger partial charge in [0.05, 0.1) is 11.4 Å². The van der Waals surface area contributed by atoms with Crippen LogP contribution < -0.4 is 0 Å². The quantitative estimate of drug-likeness (QED) is 0.527. The summed E-state index contributed by atoms with van der Waals surface area (Å²) in [6, 6.07) is 15.3. The van der Waals surface area contributed by atoms with Gasteiger partial charge in [-0.1, -0.05) is 97.4 Å². The molecule has 0 spiro atoms. The van der Waals surface area contributed by atoms with Crippen molar-refractivity contribution in [3.05, 3.63) is 64.7 Å². The number of hydrogen-bond acceptors (Lipinski definition) is 1. The fraction of sp³-hybridized carbons (Fsp3) is 0.458. The van der Waals surface area contributed by atoms with Gasteiger partial charge in [-0.3, -0.25) is 4.99 Å². The van der Waals surface area contributed by atoms with Crippen LogP contribution in [0.4, 0.5) is 5.69 Å². The number of aliphatic imine (C=N–C) groups is 1. The van der Waals surface area contributed by atoms with E-state index in [1.54, 1.807) is 0 Å². The third kappa shape index (κ3) is 6.49. The van der Waals surface area contributed by atoms with Gasteiger partial charge in [0.15, 0.2) is 0 Å². The fourth-order valence-electron chi connectivity index (χ4n) is 2.47. The molecular formula is C24H37N. The van der Waals surface area contributed by atoms with Gasteiger partial charge in [0.1, 0.15) is 0 Å². The summed E-state index contributed by atoms with van der Waals surface area (Å²) in [5.74, 6) is 0.559. The molecule has 0 amide bonds. The van der Waals surface area contributed by atoms with E-state index in [-0.39, 0.29) is 0 Å². The van der Waals surface area contributed by atoms with Crippen molar-refractivity contribution in [3.8, 4) is 0 Å². The Kier molecular flexibility index (Phi) is 11.5. The Morgan fingerprint density at radius 2 is 1.36 bits per heavy atom. The zero-order chi connectivity index (χ0) is 19.4. The molecule has 2 aromatic carbocycles. The van der Waals surface area contributed by atoms with Crippen molar-refractivity contribution in [2.45, 2.75) is 74.7 Å². The van der Waals surface area contributed by atoms with E-state index in [0.717, 1.165) is 12.1 Å². The van der Waals surface area contributed by atoms with E-state index in [1.807, 2.05) is 41.5 Å². The standard InChI is InChI=1S/C18H19N.3C2H6/c1-12(2)15-8-9-16-11-17(19-18(16)10-15)14-6-4-13(3)5-7-14;3*1-2/h4-10,12H,11H2,1-3H3;3*1-2H3. The highest BCUT2D eigenvalue weighted by Crippen LogP contribution is 2.31. The lowest BCUT2D eigenvalue weighted by molar-refractivity contribution is 0.866. The average Bonchev–Trinajstić information content (AvgIpc) is 3.10. The molecule has 0 saturated heterocycles. The predicted molar refractivity (Wildman–Crippen MR) is 116 cm³/mol. The highest BCUT2D eigenvalue weighted by molar-refractivity contribution is 6.06. The van der Waals surface area contributed by atoms with Crippen molar-refractivity contribution in [2.75, 3.05) is 0 Å². The summed E-state index contributed by atoms with van der Waals surface area (Å²) < 4.78 is 0. The van der Waals surface area contributed by atoms with Gasteiger partial charge < -0.3 is 0 Å². The third-order valence-electron chi connectivity index (χ3n) is 3.77. The van der Waals surface area contributed by atoms with Gasteiger partial charge in [0.25, 0.3) is 0 Å². The number of nitrogens with zero attached hydrogens (tertiary/aromatic N) is 1. The van der Waals surface area contributed by atoms with Crippen molar-refractivity contribution in [1.82, 2.24) is 0 Å². The van der Waals surface area contributed by atoms with Crippen molar-refractivity contribution < 1.29 is 0 Å². The minimum Gasteiger partial charge on any atom is -0.252 e. The van der Waals surface area contributed by atoms with Gasteiger partial charge >= 0.3 is 0 Å². The topological polar surface area (TPSA) is 12.4 Å². The van der Waals surface area contributed by atoms with E-state index in [9.17, 15) is 0 Å². The normalized spacial score (nSPS) is 11.0. The lowest BCUT2D eigenvalue weighted by atomic mass is 9.99. The summed E-state index contributed by atoms with van der Waals surface area (Å²) in [7, 11) is 0. The molecular weight excluding hydrogens is 302 g/mol. The van der Waals surface area contributed by atoms with Crippen LogP contribution >= 0.6 is 0 Å². The Labute approximate surface area is 156 Å². The van der Waals surface area contributed by atoms with Crippen LogP contribution in [-0.2, 0) is 6.42 Å². The molecule has 0 fully saturated rings. The molecule has 0 N–H and O–H groups in total. The number of rotatable bonds is 2.